The highest BCUT2D eigenvalue weighted by atomic mass is 32.2. The number of carbonyl (C=O) groups excluding carboxylic acids is 4. The average molecular weight is 555 g/mol. The van der Waals surface area contributed by atoms with Crippen molar-refractivity contribution in [1.29, 1.82) is 0 Å². The van der Waals surface area contributed by atoms with Crippen LogP contribution >= 0.6 is 0 Å². The summed E-state index contributed by atoms with van der Waals surface area (Å²) in [7, 11) is -3.08. The molecule has 38 heavy (non-hydrogen) atoms. The minimum absolute atomic E-state index is 0.0109. The summed E-state index contributed by atoms with van der Waals surface area (Å²) in [6.45, 7) is 0.162. The van der Waals surface area contributed by atoms with Crippen LogP contribution in [0.15, 0.2) is 18.2 Å². The molecule has 1 aromatic carbocycles. The zero-order valence-corrected chi connectivity index (χ0v) is 21.9. The molecule has 2 heterocycles. The van der Waals surface area contributed by atoms with Crippen LogP contribution in [0.5, 0.6) is 0 Å². The van der Waals surface area contributed by atoms with Gasteiger partial charge in [0.15, 0.2) is 0 Å². The number of nitrogens with zero attached hydrogens (tertiary/aromatic N) is 2. The number of ether oxygens (including phenoxy) is 3. The Kier molecular flexibility index (Phi) is 8.54. The van der Waals surface area contributed by atoms with E-state index in [4.69, 9.17) is 14.2 Å². The van der Waals surface area contributed by atoms with Gasteiger partial charge in [-0.1, -0.05) is 18.9 Å². The molecule has 2 aliphatic heterocycles. The molecule has 1 aliphatic carbocycles. The van der Waals surface area contributed by atoms with Crippen LogP contribution in [0.25, 0.3) is 0 Å². The molecule has 0 bridgehead atoms. The first-order valence-corrected chi connectivity index (χ1v) is 14.5. The van der Waals surface area contributed by atoms with Crippen molar-refractivity contribution in [3.8, 4) is 0 Å². The van der Waals surface area contributed by atoms with Gasteiger partial charge in [-0.3, -0.25) is 14.5 Å². The highest BCUT2D eigenvalue weighted by Crippen LogP contribution is 2.33. The largest absolute Gasteiger partial charge is 0.442 e. The molecule has 3 amide bonds. The SMILES string of the molecule is CC(=O)N(C[C@H]1CN(c2ccc(C3CCS(=O)(=O)CC3)c(F)c2)C(=O)O1)C(=O)OCOC(=O)C1CCCC1. The molecule has 0 unspecified atom stereocenters. The summed E-state index contributed by atoms with van der Waals surface area (Å²) in [5.41, 5.74) is 0.629. The van der Waals surface area contributed by atoms with Gasteiger partial charge in [0.05, 0.1) is 36.2 Å². The lowest BCUT2D eigenvalue weighted by molar-refractivity contribution is -0.157. The zero-order valence-electron chi connectivity index (χ0n) is 21.1. The maximum Gasteiger partial charge on any atom is 0.419 e. The summed E-state index contributed by atoms with van der Waals surface area (Å²) >= 11 is 0. The van der Waals surface area contributed by atoms with Gasteiger partial charge in [-0.05, 0) is 49.3 Å². The van der Waals surface area contributed by atoms with Gasteiger partial charge in [0.25, 0.3) is 0 Å². The number of benzene rings is 1. The first kappa shape index (κ1) is 27.8. The number of rotatable bonds is 7. The number of carbonyl (C=O) groups is 4. The molecule has 13 heteroatoms. The fourth-order valence-electron chi connectivity index (χ4n) is 5.07. The molecule has 4 rings (SSSR count). The molecule has 0 spiro atoms. The predicted octanol–water partition coefficient (Wildman–Crippen LogP) is 3.12. The molecule has 1 atom stereocenters. The standard InChI is InChI=1S/C25H31FN2O9S/c1-16(29)27(24(31)36-15-35-23(30)18-4-2-3-5-18)13-20-14-28(25(32)37-20)19-6-7-21(22(26)12-19)17-8-10-38(33,34)11-9-17/h6-7,12,17-18,20H,2-5,8-11,13-15H2,1H3/t20-/m0/s1. The number of sulfone groups is 1. The summed E-state index contributed by atoms with van der Waals surface area (Å²) in [5.74, 6) is -2.07. The van der Waals surface area contributed by atoms with Crippen molar-refractivity contribution in [2.24, 2.45) is 5.92 Å². The normalized spacial score (nSPS) is 21.7. The van der Waals surface area contributed by atoms with E-state index in [-0.39, 0.29) is 42.1 Å². The van der Waals surface area contributed by atoms with Gasteiger partial charge >= 0.3 is 18.2 Å². The van der Waals surface area contributed by atoms with Gasteiger partial charge < -0.3 is 14.2 Å². The van der Waals surface area contributed by atoms with Crippen LogP contribution in [-0.4, -0.2) is 74.9 Å². The number of hydrogen-bond acceptors (Lipinski definition) is 9. The fourth-order valence-corrected chi connectivity index (χ4v) is 6.57. The van der Waals surface area contributed by atoms with Crippen LogP contribution in [0.1, 0.15) is 56.9 Å². The number of halogens is 1. The number of amides is 3. The van der Waals surface area contributed by atoms with Crippen molar-refractivity contribution < 1.29 is 46.2 Å². The van der Waals surface area contributed by atoms with Crippen molar-refractivity contribution in [2.75, 3.05) is 36.3 Å². The Labute approximate surface area is 220 Å². The summed E-state index contributed by atoms with van der Waals surface area (Å²) in [6, 6.07) is 4.29. The van der Waals surface area contributed by atoms with Gasteiger partial charge in [-0.2, -0.15) is 0 Å². The Hall–Kier alpha value is -3.22. The molecule has 2 saturated heterocycles. The van der Waals surface area contributed by atoms with Crippen LogP contribution < -0.4 is 4.90 Å². The van der Waals surface area contributed by atoms with E-state index in [9.17, 15) is 32.0 Å². The molecule has 11 nitrogen and oxygen atoms in total. The zero-order chi connectivity index (χ0) is 27.4. The van der Waals surface area contributed by atoms with Crippen molar-refractivity contribution in [1.82, 2.24) is 4.90 Å². The van der Waals surface area contributed by atoms with E-state index < -0.39 is 52.6 Å². The number of esters is 1. The highest BCUT2D eigenvalue weighted by Gasteiger charge is 2.37. The minimum atomic E-state index is -3.08. The van der Waals surface area contributed by atoms with Crippen molar-refractivity contribution in [2.45, 2.75) is 57.5 Å². The van der Waals surface area contributed by atoms with Gasteiger partial charge in [-0.15, -0.1) is 0 Å². The number of imide groups is 1. The second-order valence-corrected chi connectivity index (χ2v) is 12.2. The smallest absolute Gasteiger partial charge is 0.419 e. The van der Waals surface area contributed by atoms with E-state index in [1.165, 1.54) is 11.0 Å². The number of hydrogen-bond donors (Lipinski definition) is 0. The molecule has 1 saturated carbocycles. The van der Waals surface area contributed by atoms with E-state index in [2.05, 4.69) is 0 Å². The second kappa shape index (κ2) is 11.7. The molecule has 208 valence electrons. The molecule has 1 aromatic rings. The minimum Gasteiger partial charge on any atom is -0.442 e. The maximum absolute atomic E-state index is 14.9. The van der Waals surface area contributed by atoms with Crippen LogP contribution in [0.2, 0.25) is 0 Å². The highest BCUT2D eigenvalue weighted by molar-refractivity contribution is 7.91. The van der Waals surface area contributed by atoms with Crippen molar-refractivity contribution in [3.63, 3.8) is 0 Å². The third kappa shape index (κ3) is 6.61. The molecule has 3 aliphatic rings. The van der Waals surface area contributed by atoms with Crippen LogP contribution in [0.4, 0.5) is 19.7 Å². The molecule has 0 radical (unpaired) electrons. The number of cyclic esters (lactones) is 1. The van der Waals surface area contributed by atoms with E-state index in [0.717, 1.165) is 37.5 Å². The second-order valence-electron chi connectivity index (χ2n) is 9.85. The number of anilines is 1. The summed E-state index contributed by atoms with van der Waals surface area (Å²) in [4.78, 5) is 50.9. The molecular weight excluding hydrogens is 523 g/mol. The van der Waals surface area contributed by atoms with Gasteiger partial charge in [0.1, 0.15) is 21.8 Å². The maximum atomic E-state index is 14.9. The summed E-state index contributed by atoms with van der Waals surface area (Å²) < 4.78 is 53.5. The fraction of sp³-hybridized carbons (Fsp3) is 0.600. The average Bonchev–Trinajstić information content (AvgIpc) is 3.52. The van der Waals surface area contributed by atoms with Gasteiger partial charge in [0, 0.05) is 6.92 Å². The van der Waals surface area contributed by atoms with Crippen LogP contribution in [0.3, 0.4) is 0 Å². The van der Waals surface area contributed by atoms with Gasteiger partial charge in [0.2, 0.25) is 12.7 Å². The monoisotopic (exact) mass is 554 g/mol. The van der Waals surface area contributed by atoms with E-state index in [1.54, 1.807) is 12.1 Å². The lowest BCUT2D eigenvalue weighted by Gasteiger charge is -2.23. The molecule has 0 aromatic heterocycles. The summed E-state index contributed by atoms with van der Waals surface area (Å²) in [6.07, 6.45) is 1.31. The topological polar surface area (TPSA) is 137 Å². The Balaban J connectivity index is 1.32. The quantitative estimate of drug-likeness (QED) is 0.368. The first-order valence-electron chi connectivity index (χ1n) is 12.6. The first-order chi connectivity index (χ1) is 18.0. The Morgan fingerprint density at radius 1 is 1.11 bits per heavy atom. The third-order valence-electron chi connectivity index (χ3n) is 7.22. The van der Waals surface area contributed by atoms with E-state index >= 15 is 0 Å². The molecular formula is C25H31FN2O9S. The van der Waals surface area contributed by atoms with E-state index in [0.29, 0.717) is 18.4 Å². The Bertz CT molecular complexity index is 1190. The van der Waals surface area contributed by atoms with E-state index in [1.807, 2.05) is 0 Å². The lowest BCUT2D eigenvalue weighted by Crippen LogP contribution is -2.42. The Morgan fingerprint density at radius 2 is 1.79 bits per heavy atom. The molecule has 3 fully saturated rings. The summed E-state index contributed by atoms with van der Waals surface area (Å²) in [5, 5.41) is 0. The van der Waals surface area contributed by atoms with Crippen LogP contribution in [-0.2, 0) is 33.6 Å². The van der Waals surface area contributed by atoms with Crippen molar-refractivity contribution in [3.05, 3.63) is 29.6 Å². The van der Waals surface area contributed by atoms with Crippen LogP contribution in [0, 0.1) is 11.7 Å². The predicted molar refractivity (Wildman–Crippen MR) is 131 cm³/mol. The lowest BCUT2D eigenvalue weighted by atomic mass is 9.93. The third-order valence-corrected chi connectivity index (χ3v) is 8.94. The van der Waals surface area contributed by atoms with Crippen molar-refractivity contribution >= 4 is 39.6 Å². The Morgan fingerprint density at radius 3 is 2.42 bits per heavy atom. The molecule has 0 N–H and O–H groups in total. The van der Waals surface area contributed by atoms with Gasteiger partial charge in [-0.25, -0.2) is 27.3 Å².